The van der Waals surface area contributed by atoms with Crippen LogP contribution in [-0.4, -0.2) is 94.7 Å². The fourth-order valence-corrected chi connectivity index (χ4v) is 6.27. The van der Waals surface area contributed by atoms with Crippen molar-refractivity contribution in [2.45, 2.75) is 16.6 Å². The first-order chi connectivity index (χ1) is 17.6. The zero-order valence-electron chi connectivity index (χ0n) is 18.6. The first kappa shape index (κ1) is 26.2. The minimum atomic E-state index is -1.39. The van der Waals surface area contributed by atoms with Crippen molar-refractivity contribution in [3.8, 4) is 5.88 Å². The summed E-state index contributed by atoms with van der Waals surface area (Å²) in [5, 5.41) is 35.8. The van der Waals surface area contributed by atoms with Crippen LogP contribution in [0.3, 0.4) is 0 Å². The predicted molar refractivity (Wildman–Crippen MR) is 131 cm³/mol. The highest BCUT2D eigenvalue weighted by Gasteiger charge is 2.54. The Labute approximate surface area is 219 Å². The molecule has 2 amide bonds. The molecule has 0 radical (unpaired) electrons. The molecule has 0 spiro atoms. The van der Waals surface area contributed by atoms with Crippen LogP contribution in [0, 0.1) is 0 Å². The number of nitrogen functional groups attached to an aromatic ring is 1. The number of aromatic hydroxyl groups is 1. The van der Waals surface area contributed by atoms with Crippen molar-refractivity contribution in [1.82, 2.24) is 25.2 Å². The van der Waals surface area contributed by atoms with Gasteiger partial charge in [-0.3, -0.25) is 14.5 Å². The molecule has 6 N–H and O–H groups in total. The van der Waals surface area contributed by atoms with Crippen LogP contribution in [0.15, 0.2) is 33.2 Å². The smallest absolute Gasteiger partial charge is 0.352 e. The van der Waals surface area contributed by atoms with Gasteiger partial charge in [0.05, 0.1) is 0 Å². The number of aliphatic carboxylic acids is 1. The summed E-state index contributed by atoms with van der Waals surface area (Å²) >= 11 is 3.31. The summed E-state index contributed by atoms with van der Waals surface area (Å²) in [6.45, 7) is 0. The van der Waals surface area contributed by atoms with E-state index in [9.17, 15) is 29.4 Å². The first-order valence-electron chi connectivity index (χ1n) is 10.1. The molecule has 4 heterocycles. The number of anilines is 1. The lowest BCUT2D eigenvalue weighted by atomic mass is 10.0. The van der Waals surface area contributed by atoms with Crippen molar-refractivity contribution in [2.75, 3.05) is 24.3 Å². The monoisotopic (exact) mass is 567 g/mol. The van der Waals surface area contributed by atoms with Crippen molar-refractivity contribution < 1.29 is 39.3 Å². The molecule has 2 aromatic heterocycles. The number of carbonyl (C=O) groups excluding carboxylic acids is 2. The Bertz CT molecular complexity index is 1360. The van der Waals surface area contributed by atoms with Gasteiger partial charge in [-0.1, -0.05) is 16.9 Å². The fraction of sp³-hybridized carbons (Fsp3) is 0.263. The molecule has 0 saturated carbocycles. The number of amides is 2. The van der Waals surface area contributed by atoms with Gasteiger partial charge in [0, 0.05) is 23.1 Å². The van der Waals surface area contributed by atoms with E-state index in [1.807, 2.05) is 0 Å². The quantitative estimate of drug-likeness (QED) is 0.0869. The summed E-state index contributed by atoms with van der Waals surface area (Å²) in [5.74, 6) is -4.53. The Morgan fingerprint density at radius 2 is 2.08 bits per heavy atom. The second-order valence-electron chi connectivity index (χ2n) is 7.30. The molecule has 2 aliphatic heterocycles. The molecule has 0 aliphatic carbocycles. The number of hydrogen-bond acceptors (Lipinski definition) is 14. The van der Waals surface area contributed by atoms with E-state index in [0.29, 0.717) is 5.57 Å². The highest BCUT2D eigenvalue weighted by molar-refractivity contribution is 8.01. The van der Waals surface area contributed by atoms with E-state index in [2.05, 4.69) is 25.4 Å². The molecule has 15 nitrogen and oxygen atoms in total. The highest BCUT2D eigenvalue weighted by Crippen LogP contribution is 2.41. The number of carboxylic acids is 2. The van der Waals surface area contributed by atoms with Gasteiger partial charge in [0.2, 0.25) is 5.88 Å². The Hall–Kier alpha value is -3.90. The molecule has 2 atom stereocenters. The van der Waals surface area contributed by atoms with Crippen molar-refractivity contribution >= 4 is 69.5 Å². The zero-order chi connectivity index (χ0) is 26.9. The number of carbonyl (C=O) groups is 4. The van der Waals surface area contributed by atoms with Gasteiger partial charge in [0.1, 0.15) is 35.5 Å². The van der Waals surface area contributed by atoms with Crippen molar-refractivity contribution in [3.05, 3.63) is 34.1 Å². The molecule has 0 bridgehead atoms. The van der Waals surface area contributed by atoms with Gasteiger partial charge in [0.25, 0.3) is 11.8 Å². The third-order valence-corrected chi connectivity index (χ3v) is 8.01. The number of rotatable bonds is 9. The Morgan fingerprint density at radius 1 is 1.32 bits per heavy atom. The van der Waals surface area contributed by atoms with E-state index in [4.69, 9.17) is 15.7 Å². The molecule has 2 aromatic rings. The van der Waals surface area contributed by atoms with E-state index >= 15 is 0 Å². The maximum Gasteiger partial charge on any atom is 0.352 e. The van der Waals surface area contributed by atoms with E-state index < -0.39 is 46.6 Å². The number of nitrogens with zero attached hydrogens (tertiary/aromatic N) is 5. The lowest BCUT2D eigenvalue weighted by Gasteiger charge is -2.49. The average molecular weight is 568 g/mol. The molecule has 0 aromatic carbocycles. The van der Waals surface area contributed by atoms with Crippen LogP contribution in [0.5, 0.6) is 5.88 Å². The molecule has 194 valence electrons. The van der Waals surface area contributed by atoms with Gasteiger partial charge in [0.15, 0.2) is 16.0 Å². The van der Waals surface area contributed by atoms with Gasteiger partial charge in [-0.2, -0.15) is 4.98 Å². The van der Waals surface area contributed by atoms with Gasteiger partial charge < -0.3 is 31.2 Å². The van der Waals surface area contributed by atoms with E-state index in [-0.39, 0.29) is 38.9 Å². The molecule has 4 rings (SSSR count). The average Bonchev–Trinajstić information content (AvgIpc) is 3.29. The summed E-state index contributed by atoms with van der Waals surface area (Å²) in [6, 6.07) is -1.01. The summed E-state index contributed by atoms with van der Waals surface area (Å²) in [7, 11) is 1.24. The topological polar surface area (TPSA) is 231 Å². The lowest BCUT2D eigenvalue weighted by molar-refractivity contribution is -0.150. The maximum absolute atomic E-state index is 12.9. The Kier molecular flexibility index (Phi) is 7.50. The van der Waals surface area contributed by atoms with E-state index in [1.54, 1.807) is 0 Å². The van der Waals surface area contributed by atoms with Crippen LogP contribution in [0.4, 0.5) is 5.13 Å². The number of oxime groups is 1. The van der Waals surface area contributed by atoms with Gasteiger partial charge in [-0.05, 0) is 5.57 Å². The van der Waals surface area contributed by atoms with Crippen LogP contribution in [0.25, 0.3) is 0 Å². The molecule has 0 unspecified atom stereocenters. The number of β-lactam (4-membered cyclic amide) rings is 1. The first-order valence-corrected chi connectivity index (χ1v) is 13.0. The van der Waals surface area contributed by atoms with Crippen LogP contribution < -0.4 is 11.1 Å². The number of nitrogens with two attached hydrogens (primary N) is 1. The van der Waals surface area contributed by atoms with E-state index in [0.717, 1.165) is 34.2 Å². The number of thiazole rings is 1. The number of carboxylic acid groups (broad SMARTS) is 2. The fourth-order valence-electron chi connectivity index (χ4n) is 3.43. The third kappa shape index (κ3) is 5.16. The molecule has 18 heteroatoms. The summed E-state index contributed by atoms with van der Waals surface area (Å²) in [4.78, 5) is 66.1. The molecule has 37 heavy (non-hydrogen) atoms. The largest absolute Gasteiger partial charge is 0.493 e. The number of hydrogen-bond donors (Lipinski definition) is 5. The maximum atomic E-state index is 12.9. The second-order valence-corrected chi connectivity index (χ2v) is 10.2. The molecule has 1 fully saturated rings. The Balaban J connectivity index is 1.48. The predicted octanol–water partition coefficient (Wildman–Crippen LogP) is -0.199. The van der Waals surface area contributed by atoms with Crippen molar-refractivity contribution in [3.63, 3.8) is 0 Å². The van der Waals surface area contributed by atoms with Crippen molar-refractivity contribution in [1.29, 1.82) is 0 Å². The van der Waals surface area contributed by atoms with Gasteiger partial charge >= 0.3 is 11.9 Å². The third-order valence-electron chi connectivity index (χ3n) is 5.05. The number of thioether (sulfide) groups is 2. The Morgan fingerprint density at radius 3 is 2.68 bits per heavy atom. The molecular weight excluding hydrogens is 550 g/mol. The molecular formula is C19H17N7O8S3. The van der Waals surface area contributed by atoms with Crippen molar-refractivity contribution in [2.24, 2.45) is 5.16 Å². The van der Waals surface area contributed by atoms with Crippen LogP contribution in [-0.2, 0) is 19.2 Å². The lowest BCUT2D eigenvalue weighted by Crippen LogP contribution is -2.71. The number of fused-ring (bicyclic) bond motifs is 1. The normalized spacial score (nSPS) is 19.2. The van der Waals surface area contributed by atoms with Gasteiger partial charge in [-0.25, -0.2) is 19.6 Å². The number of aromatic carboxylic acids is 1. The molecule has 1 saturated heterocycles. The highest BCUT2D eigenvalue weighted by atomic mass is 32.2. The van der Waals surface area contributed by atoms with Crippen LogP contribution >= 0.6 is 34.9 Å². The van der Waals surface area contributed by atoms with E-state index in [1.165, 1.54) is 24.3 Å². The number of aromatic nitrogens is 3. The minimum Gasteiger partial charge on any atom is -0.493 e. The summed E-state index contributed by atoms with van der Waals surface area (Å²) < 4.78 is 0. The van der Waals surface area contributed by atoms with Crippen LogP contribution in [0.1, 0.15) is 16.1 Å². The number of nitrogens with one attached hydrogen (secondary N) is 1. The van der Waals surface area contributed by atoms with Gasteiger partial charge in [-0.15, -0.1) is 23.1 Å². The minimum absolute atomic E-state index is 0.0274. The summed E-state index contributed by atoms with van der Waals surface area (Å²) in [5.41, 5.74) is 5.28. The second kappa shape index (κ2) is 10.6. The molecule has 2 aliphatic rings. The summed E-state index contributed by atoms with van der Waals surface area (Å²) in [6.07, 6.45) is 0.943. The standard InChI is InChI=1S/C19H17N7O8S3/c1-34-25-9(8-5-36-18(20)22-8)13(28)23-10-14(29)26-11(17(32)33)6(3-35-15(10)26)4-37-19-21-2-7(16(30)31)12(27)24-19/h2,5,10,15H,3-4H2,1H3,(H2,20,22)(H,23,28)(H,30,31)(H,32,33)(H,21,24,27)/t10-,15+/m1/s1. The van der Waals surface area contributed by atoms with Crippen LogP contribution in [0.2, 0.25) is 0 Å². The zero-order valence-corrected chi connectivity index (χ0v) is 21.1. The SMILES string of the molecule is CON=C(C(=O)N[C@@H]1C(=O)N2C(C(=O)O)=C(CSc3ncc(C(=O)O)c(O)n3)CS[C@@H]12)c1csc(N)n1.